The van der Waals surface area contributed by atoms with Crippen molar-refractivity contribution in [2.45, 2.75) is 6.10 Å². The molecule has 1 aliphatic heterocycles. The quantitative estimate of drug-likeness (QED) is 0.513. The molecule has 0 N–H and O–H groups in total. The van der Waals surface area contributed by atoms with E-state index in [1.165, 1.54) is 6.07 Å². The molecule has 4 heteroatoms. The van der Waals surface area contributed by atoms with E-state index in [1.54, 1.807) is 54.6 Å². The van der Waals surface area contributed by atoms with E-state index in [2.05, 4.69) is 6.58 Å². The first kappa shape index (κ1) is 16.6. The SMILES string of the molecule is C=Cc1ccc(-c2ccc(-c3ccc(C4CO4)c(F)c3F)cc2)c(F)c1. The molecule has 3 aromatic carbocycles. The van der Waals surface area contributed by atoms with Gasteiger partial charge in [-0.2, -0.15) is 0 Å². The van der Waals surface area contributed by atoms with E-state index in [9.17, 15) is 13.2 Å². The molecule has 1 heterocycles. The second kappa shape index (κ2) is 6.46. The zero-order chi connectivity index (χ0) is 18.3. The van der Waals surface area contributed by atoms with Crippen LogP contribution in [0.5, 0.6) is 0 Å². The standard InChI is InChI=1S/C22H15F3O/c1-2-13-3-8-16(19(23)11-13)14-4-6-15(7-5-14)17-9-10-18(20-12-26-20)22(25)21(17)24/h2-11,20H,1,12H2. The van der Waals surface area contributed by atoms with Crippen LogP contribution < -0.4 is 0 Å². The Morgan fingerprint density at radius 2 is 1.46 bits per heavy atom. The maximum absolute atomic E-state index is 14.4. The van der Waals surface area contributed by atoms with E-state index in [0.717, 1.165) is 0 Å². The highest BCUT2D eigenvalue weighted by Gasteiger charge is 2.30. The second-order valence-corrected chi connectivity index (χ2v) is 6.17. The molecule has 3 aromatic rings. The van der Waals surface area contributed by atoms with Crippen LogP contribution in [0.3, 0.4) is 0 Å². The largest absolute Gasteiger partial charge is 0.368 e. The lowest BCUT2D eigenvalue weighted by Crippen LogP contribution is -1.96. The Bertz CT molecular complexity index is 989. The minimum Gasteiger partial charge on any atom is -0.368 e. The maximum atomic E-state index is 14.4. The summed E-state index contributed by atoms with van der Waals surface area (Å²) in [5, 5.41) is 0. The van der Waals surface area contributed by atoms with Crippen LogP contribution in [0.4, 0.5) is 13.2 Å². The van der Waals surface area contributed by atoms with Gasteiger partial charge < -0.3 is 4.74 Å². The molecule has 1 atom stereocenters. The summed E-state index contributed by atoms with van der Waals surface area (Å²) in [7, 11) is 0. The summed E-state index contributed by atoms with van der Waals surface area (Å²) in [4.78, 5) is 0. The van der Waals surface area contributed by atoms with Crippen molar-refractivity contribution < 1.29 is 17.9 Å². The lowest BCUT2D eigenvalue weighted by molar-refractivity contribution is 0.401. The summed E-state index contributed by atoms with van der Waals surface area (Å²) in [6.07, 6.45) is 1.23. The summed E-state index contributed by atoms with van der Waals surface area (Å²) < 4.78 is 47.8. The molecular weight excluding hydrogens is 337 g/mol. The van der Waals surface area contributed by atoms with E-state index in [4.69, 9.17) is 4.74 Å². The molecule has 0 saturated carbocycles. The van der Waals surface area contributed by atoms with Crippen molar-refractivity contribution in [1.29, 1.82) is 0 Å². The van der Waals surface area contributed by atoms with Crippen LogP contribution in [0, 0.1) is 17.5 Å². The average molecular weight is 352 g/mol. The first-order chi connectivity index (χ1) is 12.6. The lowest BCUT2D eigenvalue weighted by atomic mass is 9.97. The fraction of sp³-hybridized carbons (Fsp3) is 0.0909. The zero-order valence-electron chi connectivity index (χ0n) is 13.8. The second-order valence-electron chi connectivity index (χ2n) is 6.17. The van der Waals surface area contributed by atoms with E-state index >= 15 is 0 Å². The van der Waals surface area contributed by atoms with Gasteiger partial charge in [0.15, 0.2) is 11.6 Å². The van der Waals surface area contributed by atoms with Crippen LogP contribution in [-0.2, 0) is 4.74 Å². The Balaban J connectivity index is 1.68. The normalized spacial score (nSPS) is 15.7. The maximum Gasteiger partial charge on any atom is 0.167 e. The van der Waals surface area contributed by atoms with Gasteiger partial charge >= 0.3 is 0 Å². The molecule has 1 aliphatic rings. The van der Waals surface area contributed by atoms with Crippen molar-refractivity contribution in [2.75, 3.05) is 6.61 Å². The molecule has 1 saturated heterocycles. The average Bonchev–Trinajstić information content (AvgIpc) is 3.49. The fourth-order valence-corrected chi connectivity index (χ4v) is 2.99. The van der Waals surface area contributed by atoms with Crippen molar-refractivity contribution in [3.8, 4) is 22.3 Å². The summed E-state index contributed by atoms with van der Waals surface area (Å²) in [6, 6.07) is 14.6. The summed E-state index contributed by atoms with van der Waals surface area (Å²) >= 11 is 0. The Hall–Kier alpha value is -2.85. The molecule has 0 aromatic heterocycles. The molecule has 0 aliphatic carbocycles. The third kappa shape index (κ3) is 2.93. The topological polar surface area (TPSA) is 12.5 Å². The molecule has 4 rings (SSSR count). The number of benzene rings is 3. The highest BCUT2D eigenvalue weighted by Crippen LogP contribution is 2.36. The van der Waals surface area contributed by atoms with Gasteiger partial charge in [0.25, 0.3) is 0 Å². The van der Waals surface area contributed by atoms with Crippen LogP contribution in [0.25, 0.3) is 28.3 Å². The van der Waals surface area contributed by atoms with E-state index < -0.39 is 11.6 Å². The van der Waals surface area contributed by atoms with E-state index in [-0.39, 0.29) is 23.0 Å². The van der Waals surface area contributed by atoms with Crippen molar-refractivity contribution in [3.05, 3.63) is 89.8 Å². The van der Waals surface area contributed by atoms with Gasteiger partial charge in [0.2, 0.25) is 0 Å². The number of hydrogen-bond donors (Lipinski definition) is 0. The third-order valence-corrected chi connectivity index (χ3v) is 4.53. The predicted octanol–water partition coefficient (Wildman–Crippen LogP) is 6.15. The van der Waals surface area contributed by atoms with Gasteiger partial charge in [0.05, 0.1) is 6.61 Å². The first-order valence-electron chi connectivity index (χ1n) is 8.21. The fourth-order valence-electron chi connectivity index (χ4n) is 2.99. The molecular formula is C22H15F3O. The van der Waals surface area contributed by atoms with Crippen LogP contribution in [0.2, 0.25) is 0 Å². The Morgan fingerprint density at radius 1 is 0.846 bits per heavy atom. The molecule has 0 bridgehead atoms. The number of hydrogen-bond acceptors (Lipinski definition) is 1. The highest BCUT2D eigenvalue weighted by molar-refractivity contribution is 5.72. The van der Waals surface area contributed by atoms with Gasteiger partial charge in [-0.25, -0.2) is 13.2 Å². The summed E-state index contributed by atoms with van der Waals surface area (Å²) in [5.74, 6) is -2.13. The van der Waals surface area contributed by atoms with Crippen molar-refractivity contribution in [3.63, 3.8) is 0 Å². The van der Waals surface area contributed by atoms with Gasteiger partial charge in [-0.15, -0.1) is 0 Å². The van der Waals surface area contributed by atoms with Gasteiger partial charge in [-0.1, -0.05) is 61.2 Å². The predicted molar refractivity (Wildman–Crippen MR) is 96.0 cm³/mol. The molecule has 1 unspecified atom stereocenters. The molecule has 1 nitrogen and oxygen atoms in total. The number of halogens is 3. The van der Waals surface area contributed by atoms with Gasteiger partial charge in [0, 0.05) is 16.7 Å². The molecule has 0 radical (unpaired) electrons. The van der Waals surface area contributed by atoms with Gasteiger partial charge in [0.1, 0.15) is 11.9 Å². The first-order valence-corrected chi connectivity index (χ1v) is 8.21. The van der Waals surface area contributed by atoms with Crippen molar-refractivity contribution >= 4 is 6.08 Å². The molecule has 0 spiro atoms. The number of ether oxygens (including phenoxy) is 1. The van der Waals surface area contributed by atoms with Gasteiger partial charge in [-0.3, -0.25) is 0 Å². The molecule has 26 heavy (non-hydrogen) atoms. The van der Waals surface area contributed by atoms with Crippen LogP contribution in [0.15, 0.2) is 61.2 Å². The molecule has 0 amide bonds. The van der Waals surface area contributed by atoms with E-state index in [0.29, 0.717) is 28.9 Å². The van der Waals surface area contributed by atoms with E-state index in [1.807, 2.05) is 0 Å². The smallest absolute Gasteiger partial charge is 0.167 e. The zero-order valence-corrected chi connectivity index (χ0v) is 13.8. The molecule has 1 fully saturated rings. The van der Waals surface area contributed by atoms with Gasteiger partial charge in [-0.05, 0) is 22.8 Å². The minimum absolute atomic E-state index is 0.168. The Kier molecular flexibility index (Phi) is 4.13. The third-order valence-electron chi connectivity index (χ3n) is 4.53. The summed E-state index contributed by atoms with van der Waals surface area (Å²) in [5.41, 5.74) is 2.73. The molecule has 130 valence electrons. The van der Waals surface area contributed by atoms with Crippen molar-refractivity contribution in [1.82, 2.24) is 0 Å². The minimum atomic E-state index is -0.896. The Labute approximate surface area is 149 Å². The van der Waals surface area contributed by atoms with Crippen molar-refractivity contribution in [2.24, 2.45) is 0 Å². The van der Waals surface area contributed by atoms with Crippen LogP contribution in [-0.4, -0.2) is 6.61 Å². The summed E-state index contributed by atoms with van der Waals surface area (Å²) in [6.45, 7) is 4.03. The van der Waals surface area contributed by atoms with Crippen LogP contribution in [0.1, 0.15) is 17.2 Å². The van der Waals surface area contributed by atoms with Crippen LogP contribution >= 0.6 is 0 Å². The monoisotopic (exact) mass is 352 g/mol. The number of epoxide rings is 1. The number of rotatable bonds is 4. The lowest BCUT2D eigenvalue weighted by Gasteiger charge is -2.09. The highest BCUT2D eigenvalue weighted by atomic mass is 19.2. The Morgan fingerprint density at radius 3 is 2.04 bits per heavy atom.